The summed E-state index contributed by atoms with van der Waals surface area (Å²) in [7, 11) is 0. The highest BCUT2D eigenvalue weighted by Gasteiger charge is 2.15. The number of benzene rings is 3. The lowest BCUT2D eigenvalue weighted by Gasteiger charge is -2.17. The van der Waals surface area contributed by atoms with Crippen LogP contribution in [0.4, 0.5) is 4.79 Å². The van der Waals surface area contributed by atoms with Gasteiger partial charge in [0.05, 0.1) is 18.3 Å². The summed E-state index contributed by atoms with van der Waals surface area (Å²) < 4.78 is 17.1. The molecule has 1 amide bonds. The second kappa shape index (κ2) is 12.2. The summed E-state index contributed by atoms with van der Waals surface area (Å²) >= 11 is 3.47. The number of halogens is 1. The number of hydrogen-bond donors (Lipinski definition) is 1. The lowest BCUT2D eigenvalue weighted by Crippen LogP contribution is -2.30. The Balaban J connectivity index is 1.26. The lowest BCUT2D eigenvalue weighted by atomic mass is 10.1. The van der Waals surface area contributed by atoms with E-state index >= 15 is 0 Å². The molecule has 1 heterocycles. The second-order valence-electron chi connectivity index (χ2n) is 7.97. The van der Waals surface area contributed by atoms with Gasteiger partial charge in [-0.2, -0.15) is 0 Å². The van der Waals surface area contributed by atoms with Gasteiger partial charge in [0, 0.05) is 17.3 Å². The first-order chi connectivity index (χ1) is 17.1. The maximum Gasteiger partial charge on any atom is 0.407 e. The third-order valence-electron chi connectivity index (χ3n) is 5.46. The molecule has 1 aromatic heterocycles. The van der Waals surface area contributed by atoms with Crippen molar-refractivity contribution in [1.29, 1.82) is 0 Å². The quantitative estimate of drug-likeness (QED) is 0.231. The van der Waals surface area contributed by atoms with Crippen LogP contribution in [0.1, 0.15) is 28.6 Å². The standard InChI is InChI=1S/C28H27BrN2O4/c1-20-25(30-27(35-20)23-10-6-3-7-11-23)16-17-33-24-14-12-22(13-15-24)26(18-29)31-28(32)34-19-21-8-4-2-5-9-21/h2-15,26H,16-19H2,1H3,(H,31,32). The number of amides is 1. The van der Waals surface area contributed by atoms with E-state index in [0.717, 1.165) is 33.9 Å². The molecule has 6 nitrogen and oxygen atoms in total. The monoisotopic (exact) mass is 534 g/mol. The van der Waals surface area contributed by atoms with E-state index in [2.05, 4.69) is 26.2 Å². The topological polar surface area (TPSA) is 73.6 Å². The van der Waals surface area contributed by atoms with E-state index < -0.39 is 6.09 Å². The van der Waals surface area contributed by atoms with Crippen molar-refractivity contribution in [1.82, 2.24) is 10.3 Å². The van der Waals surface area contributed by atoms with E-state index in [4.69, 9.17) is 13.9 Å². The highest BCUT2D eigenvalue weighted by atomic mass is 79.9. The van der Waals surface area contributed by atoms with E-state index in [1.807, 2.05) is 91.9 Å². The van der Waals surface area contributed by atoms with Crippen molar-refractivity contribution in [3.05, 3.63) is 108 Å². The van der Waals surface area contributed by atoms with Crippen molar-refractivity contribution in [3.8, 4) is 17.2 Å². The predicted molar refractivity (Wildman–Crippen MR) is 139 cm³/mol. The van der Waals surface area contributed by atoms with Crippen LogP contribution in [0.15, 0.2) is 89.3 Å². The Hall–Kier alpha value is -3.58. The number of aryl methyl sites for hydroxylation is 1. The fourth-order valence-electron chi connectivity index (χ4n) is 3.54. The van der Waals surface area contributed by atoms with E-state index in [9.17, 15) is 4.79 Å². The first-order valence-electron chi connectivity index (χ1n) is 11.4. The van der Waals surface area contributed by atoms with Gasteiger partial charge in [0.1, 0.15) is 18.1 Å². The Bertz CT molecular complexity index is 1210. The number of aromatic nitrogens is 1. The second-order valence-corrected chi connectivity index (χ2v) is 8.62. The van der Waals surface area contributed by atoms with Gasteiger partial charge in [-0.25, -0.2) is 9.78 Å². The van der Waals surface area contributed by atoms with Crippen LogP contribution in [0, 0.1) is 6.92 Å². The number of rotatable bonds is 10. The Labute approximate surface area is 213 Å². The maximum absolute atomic E-state index is 12.2. The Morgan fingerprint density at radius 1 is 1.00 bits per heavy atom. The zero-order valence-corrected chi connectivity index (χ0v) is 21.0. The fraction of sp³-hybridized carbons (Fsp3) is 0.214. The molecule has 0 fully saturated rings. The van der Waals surface area contributed by atoms with Gasteiger partial charge in [-0.1, -0.05) is 76.6 Å². The molecular weight excluding hydrogens is 508 g/mol. The molecule has 0 radical (unpaired) electrons. The van der Waals surface area contributed by atoms with Gasteiger partial charge < -0.3 is 19.2 Å². The number of carbonyl (C=O) groups is 1. The van der Waals surface area contributed by atoms with Crippen LogP contribution in [-0.2, 0) is 17.8 Å². The third-order valence-corrected chi connectivity index (χ3v) is 6.11. The molecule has 0 saturated carbocycles. The van der Waals surface area contributed by atoms with Crippen molar-refractivity contribution in [2.45, 2.75) is 26.0 Å². The SMILES string of the molecule is Cc1oc(-c2ccccc2)nc1CCOc1ccc(C(CBr)NC(=O)OCc2ccccc2)cc1. The van der Waals surface area contributed by atoms with Crippen LogP contribution in [0.2, 0.25) is 0 Å². The summed E-state index contributed by atoms with van der Waals surface area (Å²) in [6.45, 7) is 2.63. The molecule has 4 rings (SSSR count). The number of hydrogen-bond acceptors (Lipinski definition) is 5. The molecule has 3 aromatic carbocycles. The van der Waals surface area contributed by atoms with Crippen LogP contribution in [-0.4, -0.2) is 23.0 Å². The molecule has 0 saturated heterocycles. The molecule has 0 aliphatic carbocycles. The predicted octanol–water partition coefficient (Wildman–Crippen LogP) is 6.63. The van der Waals surface area contributed by atoms with E-state index in [1.54, 1.807) is 0 Å². The van der Waals surface area contributed by atoms with Crippen LogP contribution >= 0.6 is 15.9 Å². The average molecular weight is 535 g/mol. The van der Waals surface area contributed by atoms with Crippen molar-refractivity contribution in [2.75, 3.05) is 11.9 Å². The summed E-state index contributed by atoms with van der Waals surface area (Å²) in [6, 6.07) is 26.9. The van der Waals surface area contributed by atoms with Crippen molar-refractivity contribution < 1.29 is 18.7 Å². The molecule has 180 valence electrons. The van der Waals surface area contributed by atoms with Gasteiger partial charge in [0.25, 0.3) is 0 Å². The molecule has 4 aromatic rings. The third kappa shape index (κ3) is 6.96. The highest BCUT2D eigenvalue weighted by Crippen LogP contribution is 2.23. The number of nitrogens with zero attached hydrogens (tertiary/aromatic N) is 1. The minimum atomic E-state index is -0.462. The Morgan fingerprint density at radius 3 is 2.37 bits per heavy atom. The molecule has 0 aliphatic heterocycles. The number of nitrogens with one attached hydrogen (secondary N) is 1. The molecule has 1 N–H and O–H groups in total. The summed E-state index contributed by atoms with van der Waals surface area (Å²) in [6.07, 6.45) is 0.180. The normalized spacial score (nSPS) is 11.6. The van der Waals surface area contributed by atoms with E-state index in [-0.39, 0.29) is 12.6 Å². The van der Waals surface area contributed by atoms with Gasteiger partial charge in [-0.05, 0) is 42.3 Å². The summed E-state index contributed by atoms with van der Waals surface area (Å²) in [4.78, 5) is 16.8. The van der Waals surface area contributed by atoms with Crippen molar-refractivity contribution in [2.24, 2.45) is 0 Å². The minimum Gasteiger partial charge on any atom is -0.493 e. The molecule has 0 bridgehead atoms. The Morgan fingerprint density at radius 2 is 1.69 bits per heavy atom. The van der Waals surface area contributed by atoms with Gasteiger partial charge in [0.15, 0.2) is 0 Å². The Kier molecular flexibility index (Phi) is 8.57. The van der Waals surface area contributed by atoms with Gasteiger partial charge in [-0.15, -0.1) is 0 Å². The summed E-state index contributed by atoms with van der Waals surface area (Å²) in [5, 5.41) is 3.45. The molecule has 0 aliphatic rings. The summed E-state index contributed by atoms with van der Waals surface area (Å²) in [5.74, 6) is 2.17. The van der Waals surface area contributed by atoms with Crippen LogP contribution in [0.25, 0.3) is 11.5 Å². The molecule has 1 atom stereocenters. The van der Waals surface area contributed by atoms with Crippen LogP contribution in [0.3, 0.4) is 0 Å². The minimum absolute atomic E-state index is 0.221. The molecule has 1 unspecified atom stereocenters. The fourth-order valence-corrected chi connectivity index (χ4v) is 4.08. The number of ether oxygens (including phenoxy) is 2. The zero-order chi connectivity index (χ0) is 24.5. The first-order valence-corrected chi connectivity index (χ1v) is 12.5. The van der Waals surface area contributed by atoms with Crippen molar-refractivity contribution in [3.63, 3.8) is 0 Å². The van der Waals surface area contributed by atoms with Gasteiger partial charge in [-0.3, -0.25) is 0 Å². The highest BCUT2D eigenvalue weighted by molar-refractivity contribution is 9.09. The van der Waals surface area contributed by atoms with Gasteiger partial charge in [0.2, 0.25) is 5.89 Å². The smallest absolute Gasteiger partial charge is 0.407 e. The maximum atomic E-state index is 12.2. The largest absolute Gasteiger partial charge is 0.493 e. The molecule has 0 spiro atoms. The molecule has 7 heteroatoms. The van der Waals surface area contributed by atoms with Crippen molar-refractivity contribution >= 4 is 22.0 Å². The van der Waals surface area contributed by atoms with E-state index in [1.165, 1.54) is 0 Å². The number of carbonyl (C=O) groups excluding carboxylic acids is 1. The number of alkyl halides is 1. The summed E-state index contributed by atoms with van der Waals surface area (Å²) in [5.41, 5.74) is 3.73. The first kappa shape index (κ1) is 24.5. The van der Waals surface area contributed by atoms with Crippen LogP contribution < -0.4 is 10.1 Å². The number of oxazole rings is 1. The van der Waals surface area contributed by atoms with Gasteiger partial charge >= 0.3 is 6.09 Å². The molecule has 35 heavy (non-hydrogen) atoms. The zero-order valence-electron chi connectivity index (χ0n) is 19.4. The average Bonchev–Trinajstić information content (AvgIpc) is 3.28. The van der Waals surface area contributed by atoms with Crippen LogP contribution in [0.5, 0.6) is 5.75 Å². The lowest BCUT2D eigenvalue weighted by molar-refractivity contribution is 0.136. The van der Waals surface area contributed by atoms with E-state index in [0.29, 0.717) is 24.2 Å². The molecular formula is C28H27BrN2O4. The number of alkyl carbamates (subject to hydrolysis) is 1.